The van der Waals surface area contributed by atoms with Crippen LogP contribution in [0.25, 0.3) is 0 Å². The van der Waals surface area contributed by atoms with Crippen LogP contribution in [0, 0.1) is 13.8 Å². The molecular formula is C16H27N3. The summed E-state index contributed by atoms with van der Waals surface area (Å²) < 4.78 is 0. The third kappa shape index (κ3) is 2.63. The predicted octanol–water partition coefficient (Wildman–Crippen LogP) is 2.16. The van der Waals surface area contributed by atoms with Gasteiger partial charge in [0, 0.05) is 31.9 Å². The number of benzene rings is 1. The van der Waals surface area contributed by atoms with Gasteiger partial charge in [0.15, 0.2) is 0 Å². The second kappa shape index (κ2) is 5.14. The molecule has 2 N–H and O–H groups in total. The zero-order valence-electron chi connectivity index (χ0n) is 12.9. The Morgan fingerprint density at radius 3 is 2.32 bits per heavy atom. The summed E-state index contributed by atoms with van der Waals surface area (Å²) in [5.74, 6) is 0. The molecule has 1 aromatic carbocycles. The predicted molar refractivity (Wildman–Crippen MR) is 82.8 cm³/mol. The zero-order chi connectivity index (χ0) is 14.2. The maximum Gasteiger partial charge on any atom is 0.0662 e. The van der Waals surface area contributed by atoms with E-state index in [9.17, 15) is 0 Å². The lowest BCUT2D eigenvalue weighted by atomic mass is 9.93. The molecule has 0 aromatic heterocycles. The number of likely N-dealkylation sites (tertiary alicyclic amines) is 1. The molecule has 1 aliphatic rings. The van der Waals surface area contributed by atoms with Gasteiger partial charge in [-0.2, -0.15) is 0 Å². The lowest BCUT2D eigenvalue weighted by Gasteiger charge is -2.40. The number of rotatable bonds is 3. The van der Waals surface area contributed by atoms with Gasteiger partial charge in [-0.05, 0) is 57.5 Å². The number of anilines is 1. The third-order valence-electron chi connectivity index (χ3n) is 4.66. The van der Waals surface area contributed by atoms with Crippen molar-refractivity contribution in [2.75, 3.05) is 32.1 Å². The number of hydrogen-bond acceptors (Lipinski definition) is 3. The number of aryl methyl sites for hydroxylation is 2. The largest absolute Gasteiger partial charge is 0.366 e. The minimum absolute atomic E-state index is 0.0639. The summed E-state index contributed by atoms with van der Waals surface area (Å²) in [4.78, 5) is 4.80. The first-order chi connectivity index (χ1) is 8.88. The molecule has 1 aromatic rings. The maximum absolute atomic E-state index is 6.14. The van der Waals surface area contributed by atoms with E-state index >= 15 is 0 Å². The Morgan fingerprint density at radius 1 is 1.32 bits per heavy atom. The van der Waals surface area contributed by atoms with Crippen LogP contribution >= 0.6 is 0 Å². The molecular weight excluding hydrogens is 234 g/mol. The number of likely N-dealkylation sites (N-methyl/N-ethyl adjacent to an activating group) is 2. The van der Waals surface area contributed by atoms with Gasteiger partial charge in [0.25, 0.3) is 0 Å². The molecule has 1 aliphatic heterocycles. The highest BCUT2D eigenvalue weighted by Gasteiger charge is 2.42. The van der Waals surface area contributed by atoms with Gasteiger partial charge in [-0.15, -0.1) is 0 Å². The van der Waals surface area contributed by atoms with Crippen LogP contribution in [0.3, 0.4) is 0 Å². The number of nitrogens with two attached hydrogens (primary N) is 1. The van der Waals surface area contributed by atoms with Crippen LogP contribution in [0.1, 0.15) is 24.5 Å². The Kier molecular flexibility index (Phi) is 3.88. The Bertz CT molecular complexity index is 425. The Hall–Kier alpha value is -1.06. The van der Waals surface area contributed by atoms with Crippen molar-refractivity contribution >= 4 is 5.69 Å². The Balaban J connectivity index is 2.33. The SMILES string of the molecule is Cc1cc(C)cc(N(C)C2(CN)CC(C)N(C)C2)c1. The van der Waals surface area contributed by atoms with Gasteiger partial charge in [-0.25, -0.2) is 0 Å². The average Bonchev–Trinajstić information content (AvgIpc) is 2.64. The molecule has 0 radical (unpaired) electrons. The first-order valence-corrected chi connectivity index (χ1v) is 7.10. The van der Waals surface area contributed by atoms with Crippen LogP contribution in [0.2, 0.25) is 0 Å². The summed E-state index contributed by atoms with van der Waals surface area (Å²) in [6.07, 6.45) is 1.13. The first-order valence-electron chi connectivity index (χ1n) is 7.10. The molecule has 1 saturated heterocycles. The fraction of sp³-hybridized carbons (Fsp3) is 0.625. The summed E-state index contributed by atoms with van der Waals surface area (Å²) in [5.41, 5.74) is 10.1. The zero-order valence-corrected chi connectivity index (χ0v) is 12.9. The maximum atomic E-state index is 6.14. The van der Waals surface area contributed by atoms with Gasteiger partial charge in [0.2, 0.25) is 0 Å². The highest BCUT2D eigenvalue weighted by Crippen LogP contribution is 2.33. The monoisotopic (exact) mass is 261 g/mol. The van der Waals surface area contributed by atoms with E-state index in [0.29, 0.717) is 12.6 Å². The molecule has 1 fully saturated rings. The van der Waals surface area contributed by atoms with Crippen molar-refractivity contribution in [3.05, 3.63) is 29.3 Å². The molecule has 3 nitrogen and oxygen atoms in total. The van der Waals surface area contributed by atoms with Crippen molar-refractivity contribution in [3.63, 3.8) is 0 Å². The molecule has 0 spiro atoms. The summed E-state index contributed by atoms with van der Waals surface area (Å²) in [5, 5.41) is 0. The van der Waals surface area contributed by atoms with E-state index in [1.54, 1.807) is 0 Å². The van der Waals surface area contributed by atoms with Crippen LogP contribution in [-0.2, 0) is 0 Å². The summed E-state index contributed by atoms with van der Waals surface area (Å²) >= 11 is 0. The molecule has 0 bridgehead atoms. The van der Waals surface area contributed by atoms with Crippen molar-refractivity contribution in [1.82, 2.24) is 4.90 Å². The van der Waals surface area contributed by atoms with Gasteiger partial charge in [-0.1, -0.05) is 6.07 Å². The second-order valence-electron chi connectivity index (χ2n) is 6.30. The van der Waals surface area contributed by atoms with Crippen molar-refractivity contribution in [2.45, 2.75) is 38.8 Å². The quantitative estimate of drug-likeness (QED) is 0.905. The molecule has 1 heterocycles. The van der Waals surface area contributed by atoms with Crippen LogP contribution in [0.4, 0.5) is 5.69 Å². The van der Waals surface area contributed by atoms with Gasteiger partial charge in [0.1, 0.15) is 0 Å². The minimum atomic E-state index is 0.0639. The smallest absolute Gasteiger partial charge is 0.0662 e. The Labute approximate surface area is 117 Å². The fourth-order valence-corrected chi connectivity index (χ4v) is 3.34. The third-order valence-corrected chi connectivity index (χ3v) is 4.66. The Morgan fingerprint density at radius 2 is 1.89 bits per heavy atom. The molecule has 106 valence electrons. The summed E-state index contributed by atoms with van der Waals surface area (Å²) in [6.45, 7) is 8.33. The second-order valence-corrected chi connectivity index (χ2v) is 6.30. The number of nitrogens with zero attached hydrogens (tertiary/aromatic N) is 2. The normalized spacial score (nSPS) is 27.8. The standard InChI is InChI=1S/C16H27N3/c1-12-6-13(2)8-15(7-12)19(5)16(10-17)9-14(3)18(4)11-16/h6-8,14H,9-11,17H2,1-5H3. The van der Waals surface area contributed by atoms with Gasteiger partial charge < -0.3 is 15.5 Å². The first kappa shape index (κ1) is 14.4. The van der Waals surface area contributed by atoms with E-state index in [1.807, 2.05) is 0 Å². The van der Waals surface area contributed by atoms with E-state index in [1.165, 1.54) is 16.8 Å². The fourth-order valence-electron chi connectivity index (χ4n) is 3.34. The molecule has 2 atom stereocenters. The van der Waals surface area contributed by atoms with Gasteiger partial charge in [0.05, 0.1) is 5.54 Å². The van der Waals surface area contributed by atoms with Crippen molar-refractivity contribution in [1.29, 1.82) is 0 Å². The average molecular weight is 261 g/mol. The van der Waals surface area contributed by atoms with Crippen LogP contribution in [0.5, 0.6) is 0 Å². The van der Waals surface area contributed by atoms with Crippen LogP contribution < -0.4 is 10.6 Å². The lowest BCUT2D eigenvalue weighted by molar-refractivity contribution is 0.318. The van der Waals surface area contributed by atoms with Gasteiger partial charge >= 0.3 is 0 Å². The van der Waals surface area contributed by atoms with E-state index in [-0.39, 0.29) is 5.54 Å². The van der Waals surface area contributed by atoms with Gasteiger partial charge in [-0.3, -0.25) is 0 Å². The number of hydrogen-bond donors (Lipinski definition) is 1. The lowest BCUT2D eigenvalue weighted by Crippen LogP contribution is -2.54. The van der Waals surface area contributed by atoms with E-state index in [2.05, 4.69) is 62.9 Å². The van der Waals surface area contributed by atoms with E-state index < -0.39 is 0 Å². The molecule has 2 rings (SSSR count). The molecule has 0 aliphatic carbocycles. The van der Waals surface area contributed by atoms with E-state index in [0.717, 1.165) is 13.0 Å². The topological polar surface area (TPSA) is 32.5 Å². The van der Waals surface area contributed by atoms with Crippen molar-refractivity contribution < 1.29 is 0 Å². The highest BCUT2D eigenvalue weighted by molar-refractivity contribution is 5.53. The highest BCUT2D eigenvalue weighted by atomic mass is 15.3. The van der Waals surface area contributed by atoms with E-state index in [4.69, 9.17) is 5.73 Å². The molecule has 3 heteroatoms. The minimum Gasteiger partial charge on any atom is -0.366 e. The van der Waals surface area contributed by atoms with Crippen molar-refractivity contribution in [3.8, 4) is 0 Å². The van der Waals surface area contributed by atoms with Crippen molar-refractivity contribution in [2.24, 2.45) is 5.73 Å². The molecule has 0 saturated carbocycles. The van der Waals surface area contributed by atoms with Crippen LogP contribution in [0.15, 0.2) is 18.2 Å². The molecule has 19 heavy (non-hydrogen) atoms. The molecule has 2 unspecified atom stereocenters. The summed E-state index contributed by atoms with van der Waals surface area (Å²) in [7, 11) is 4.38. The van der Waals surface area contributed by atoms with Crippen LogP contribution in [-0.4, -0.2) is 43.7 Å². The summed E-state index contributed by atoms with van der Waals surface area (Å²) in [6, 6.07) is 7.33. The molecule has 0 amide bonds.